The first kappa shape index (κ1) is 21.0. The van der Waals surface area contributed by atoms with Crippen molar-refractivity contribution in [1.82, 2.24) is 5.32 Å². The topological polar surface area (TPSA) is 64.6 Å². The third-order valence-corrected chi connectivity index (χ3v) is 3.21. The number of rotatable bonds is 10. The highest BCUT2D eigenvalue weighted by molar-refractivity contribution is 5.88. The van der Waals surface area contributed by atoms with Crippen LogP contribution in [0, 0.1) is 0 Å². The molecule has 0 amide bonds. The summed E-state index contributed by atoms with van der Waals surface area (Å²) >= 11 is 0. The Hall–Kier alpha value is -2.09. The number of esters is 2. The van der Waals surface area contributed by atoms with E-state index in [4.69, 9.17) is 4.74 Å². The van der Waals surface area contributed by atoms with Gasteiger partial charge in [0.25, 0.3) is 0 Å². The van der Waals surface area contributed by atoms with Crippen LogP contribution in [-0.4, -0.2) is 31.3 Å². The van der Waals surface area contributed by atoms with Crippen LogP contribution in [0.5, 0.6) is 5.75 Å². The van der Waals surface area contributed by atoms with Crippen LogP contribution in [0.3, 0.4) is 0 Å². The van der Waals surface area contributed by atoms with E-state index < -0.39 is 18.1 Å². The Balaban J connectivity index is 2.21. The van der Waals surface area contributed by atoms with Crippen LogP contribution in [0.4, 0.5) is 13.2 Å². The van der Waals surface area contributed by atoms with Gasteiger partial charge in [-0.1, -0.05) is 31.9 Å². The molecule has 25 heavy (non-hydrogen) atoms. The van der Waals surface area contributed by atoms with Crippen molar-refractivity contribution in [2.24, 2.45) is 0 Å². The Labute approximate surface area is 144 Å². The minimum atomic E-state index is -5.16. The normalized spacial score (nSPS) is 11.2. The van der Waals surface area contributed by atoms with E-state index in [9.17, 15) is 22.8 Å². The summed E-state index contributed by atoms with van der Waals surface area (Å²) in [5, 5.41) is 2.89. The summed E-state index contributed by atoms with van der Waals surface area (Å²) in [5.74, 6) is -2.94. The van der Waals surface area contributed by atoms with Gasteiger partial charge < -0.3 is 14.8 Å². The van der Waals surface area contributed by atoms with Crippen molar-refractivity contribution in [3.63, 3.8) is 0 Å². The quantitative estimate of drug-likeness (QED) is 0.393. The second kappa shape index (κ2) is 10.7. The lowest BCUT2D eigenvalue weighted by Crippen LogP contribution is -2.29. The van der Waals surface area contributed by atoms with Gasteiger partial charge in [0, 0.05) is 13.1 Å². The molecule has 5 nitrogen and oxygen atoms in total. The highest BCUT2D eigenvalue weighted by Crippen LogP contribution is 2.16. The van der Waals surface area contributed by atoms with Crippen molar-refractivity contribution in [3.05, 3.63) is 29.8 Å². The van der Waals surface area contributed by atoms with E-state index in [1.165, 1.54) is 0 Å². The van der Waals surface area contributed by atoms with Gasteiger partial charge in [0.1, 0.15) is 5.75 Å². The van der Waals surface area contributed by atoms with Gasteiger partial charge in [-0.3, -0.25) is 4.79 Å². The minimum absolute atomic E-state index is 0.0965. The van der Waals surface area contributed by atoms with Crippen molar-refractivity contribution >= 4 is 11.9 Å². The summed E-state index contributed by atoms with van der Waals surface area (Å²) < 4.78 is 45.0. The lowest BCUT2D eigenvalue weighted by molar-refractivity contribution is -0.201. The average Bonchev–Trinajstić information content (AvgIpc) is 2.56. The number of hydrogen-bond donors (Lipinski definition) is 1. The highest BCUT2D eigenvalue weighted by atomic mass is 19.4. The molecule has 0 radical (unpaired) electrons. The van der Waals surface area contributed by atoms with Gasteiger partial charge in [-0.2, -0.15) is 13.2 Å². The average molecular weight is 361 g/mol. The number of carbonyl (C=O) groups excluding carboxylic acids is 2. The molecule has 0 fully saturated rings. The van der Waals surface area contributed by atoms with Gasteiger partial charge in [0.05, 0.1) is 13.0 Å². The maximum Gasteiger partial charge on any atom is 0.491 e. The van der Waals surface area contributed by atoms with Gasteiger partial charge in [-0.15, -0.1) is 0 Å². The fourth-order valence-electron chi connectivity index (χ4n) is 1.88. The summed E-state index contributed by atoms with van der Waals surface area (Å²) in [6, 6.07) is 7.37. The molecule has 0 unspecified atom stereocenters. The second-order valence-electron chi connectivity index (χ2n) is 5.39. The number of hydrogen-bond acceptors (Lipinski definition) is 5. The maximum atomic E-state index is 11.9. The molecule has 8 heteroatoms. The fourth-order valence-corrected chi connectivity index (χ4v) is 1.88. The van der Waals surface area contributed by atoms with Gasteiger partial charge in [0.15, 0.2) is 0 Å². The summed E-state index contributed by atoms with van der Waals surface area (Å²) in [7, 11) is 0. The minimum Gasteiger partial charge on any atom is -0.494 e. The molecular weight excluding hydrogens is 339 g/mol. The van der Waals surface area contributed by atoms with E-state index in [-0.39, 0.29) is 13.0 Å². The predicted octanol–water partition coefficient (Wildman–Crippen LogP) is 3.37. The molecule has 0 saturated heterocycles. The molecule has 140 valence electrons. The van der Waals surface area contributed by atoms with Gasteiger partial charge in [-0.05, 0) is 24.1 Å². The van der Waals surface area contributed by atoms with E-state index in [1.54, 1.807) is 0 Å². The van der Waals surface area contributed by atoms with Gasteiger partial charge in [-0.25, -0.2) is 4.79 Å². The first-order chi connectivity index (χ1) is 11.8. The van der Waals surface area contributed by atoms with Crippen LogP contribution in [0.1, 0.15) is 38.2 Å². The number of ether oxygens (including phenoxy) is 2. The third-order valence-electron chi connectivity index (χ3n) is 3.21. The molecule has 0 atom stereocenters. The van der Waals surface area contributed by atoms with E-state index in [0.29, 0.717) is 13.2 Å². The van der Waals surface area contributed by atoms with Crippen molar-refractivity contribution in [2.45, 2.75) is 45.3 Å². The van der Waals surface area contributed by atoms with Crippen LogP contribution >= 0.6 is 0 Å². The summed E-state index contributed by atoms with van der Waals surface area (Å²) in [5.41, 5.74) is 0.931. The summed E-state index contributed by atoms with van der Waals surface area (Å²) in [4.78, 5) is 21.6. The van der Waals surface area contributed by atoms with Crippen LogP contribution < -0.4 is 10.1 Å². The molecule has 0 aliphatic heterocycles. The number of nitrogens with one attached hydrogen (secondary N) is 1. The molecule has 0 heterocycles. The van der Waals surface area contributed by atoms with Gasteiger partial charge >= 0.3 is 18.1 Å². The highest BCUT2D eigenvalue weighted by Gasteiger charge is 2.42. The molecule has 1 N–H and O–H groups in total. The fraction of sp³-hybridized carbons (Fsp3) is 0.529. The van der Waals surface area contributed by atoms with Crippen molar-refractivity contribution < 1.29 is 32.2 Å². The monoisotopic (exact) mass is 361 g/mol. The molecule has 1 aromatic carbocycles. The number of unbranched alkanes of at least 4 members (excludes halogenated alkanes) is 2. The van der Waals surface area contributed by atoms with Crippen molar-refractivity contribution in [1.29, 1.82) is 0 Å². The standard InChI is InChI=1S/C17H22F3NO4/c1-2-3-4-11-24-14-7-5-13(6-8-14)12-21-10-9-15(22)25-16(23)17(18,19)20/h5-8,21H,2-4,9-12H2,1H3. The van der Waals surface area contributed by atoms with E-state index in [2.05, 4.69) is 17.0 Å². The molecule has 0 aliphatic rings. The van der Waals surface area contributed by atoms with Crippen LogP contribution in [0.25, 0.3) is 0 Å². The number of halogens is 3. The Kier molecular flexibility index (Phi) is 8.98. The maximum absolute atomic E-state index is 11.9. The zero-order valence-electron chi connectivity index (χ0n) is 14.0. The molecular formula is C17H22F3NO4. The first-order valence-electron chi connectivity index (χ1n) is 8.07. The van der Waals surface area contributed by atoms with Crippen molar-refractivity contribution in [2.75, 3.05) is 13.2 Å². The Morgan fingerprint density at radius 3 is 2.40 bits per heavy atom. The number of benzene rings is 1. The first-order valence-corrected chi connectivity index (χ1v) is 8.07. The van der Waals surface area contributed by atoms with Crippen LogP contribution in [-0.2, 0) is 20.9 Å². The lowest BCUT2D eigenvalue weighted by Gasteiger charge is -2.08. The molecule has 1 aromatic rings. The summed E-state index contributed by atoms with van der Waals surface area (Å²) in [6.07, 6.45) is -2.23. The Bertz CT molecular complexity index is 544. The van der Waals surface area contributed by atoms with Crippen LogP contribution in [0.15, 0.2) is 24.3 Å². The Morgan fingerprint density at radius 2 is 1.80 bits per heavy atom. The molecule has 0 aromatic heterocycles. The molecule has 0 spiro atoms. The van der Waals surface area contributed by atoms with Crippen molar-refractivity contribution in [3.8, 4) is 5.75 Å². The second-order valence-corrected chi connectivity index (χ2v) is 5.39. The molecule has 1 rings (SSSR count). The lowest BCUT2D eigenvalue weighted by atomic mass is 10.2. The molecule has 0 aliphatic carbocycles. The third kappa shape index (κ3) is 9.09. The van der Waals surface area contributed by atoms with E-state index in [0.717, 1.165) is 30.6 Å². The largest absolute Gasteiger partial charge is 0.494 e. The predicted molar refractivity (Wildman–Crippen MR) is 84.9 cm³/mol. The molecule has 0 bridgehead atoms. The smallest absolute Gasteiger partial charge is 0.491 e. The Morgan fingerprint density at radius 1 is 1.12 bits per heavy atom. The number of alkyl halides is 3. The van der Waals surface area contributed by atoms with E-state index >= 15 is 0 Å². The van der Waals surface area contributed by atoms with Crippen LogP contribution in [0.2, 0.25) is 0 Å². The summed E-state index contributed by atoms with van der Waals surface area (Å²) in [6.45, 7) is 3.32. The zero-order valence-corrected chi connectivity index (χ0v) is 14.0. The zero-order chi connectivity index (χ0) is 18.7. The van der Waals surface area contributed by atoms with Gasteiger partial charge in [0.2, 0.25) is 0 Å². The number of carbonyl (C=O) groups is 2. The SMILES string of the molecule is CCCCCOc1ccc(CNCCC(=O)OC(=O)C(F)(F)F)cc1. The van der Waals surface area contributed by atoms with E-state index in [1.807, 2.05) is 24.3 Å². The molecule has 0 saturated carbocycles.